The standard InChI is InChI=1S/C31H42N2O8S/c1-20(2)17-33(42(36,37)24-11-9-23(38-3)10-12-24)18-27(34)26(15-21-7-5-4-6-8-21)32-31(35)41-28-16-22-19-40-30-29(22)25(28)13-14-39-30/h4-12,20,22,25-30,34H,13-19H2,1-3H3,(H,32,35)/t22-,25-,26-,27+,28-,29+,30+/m0/s1. The highest BCUT2D eigenvalue weighted by Gasteiger charge is 2.55. The van der Waals surface area contributed by atoms with Crippen LogP contribution in [0.25, 0.3) is 0 Å². The van der Waals surface area contributed by atoms with Gasteiger partial charge in [0.25, 0.3) is 0 Å². The molecule has 3 fully saturated rings. The Kier molecular flexibility index (Phi) is 9.74. The molecule has 3 aliphatic rings. The monoisotopic (exact) mass is 602 g/mol. The molecule has 2 aromatic rings. The second-order valence-corrected chi connectivity index (χ2v) is 13.9. The van der Waals surface area contributed by atoms with Crippen molar-refractivity contribution in [3.8, 4) is 5.75 Å². The first kappa shape index (κ1) is 30.7. The number of benzene rings is 2. The van der Waals surface area contributed by atoms with Crippen molar-refractivity contribution in [2.24, 2.45) is 23.7 Å². The quantitative estimate of drug-likeness (QED) is 0.379. The van der Waals surface area contributed by atoms with Gasteiger partial charge in [0, 0.05) is 24.9 Å². The van der Waals surface area contributed by atoms with E-state index in [1.165, 1.54) is 23.5 Å². The molecule has 0 bridgehead atoms. The van der Waals surface area contributed by atoms with Crippen molar-refractivity contribution in [3.05, 3.63) is 60.2 Å². The number of carbonyl (C=O) groups is 1. The van der Waals surface area contributed by atoms with Gasteiger partial charge in [0.05, 0.1) is 37.4 Å². The van der Waals surface area contributed by atoms with Crippen LogP contribution < -0.4 is 10.1 Å². The molecule has 0 radical (unpaired) electrons. The zero-order chi connectivity index (χ0) is 29.9. The van der Waals surface area contributed by atoms with E-state index in [1.807, 2.05) is 44.2 Å². The van der Waals surface area contributed by atoms with Gasteiger partial charge < -0.3 is 29.4 Å². The molecule has 1 saturated carbocycles. The van der Waals surface area contributed by atoms with E-state index in [4.69, 9.17) is 18.9 Å². The fourth-order valence-corrected chi connectivity index (χ4v) is 8.16. The highest BCUT2D eigenvalue weighted by molar-refractivity contribution is 7.89. The van der Waals surface area contributed by atoms with E-state index < -0.39 is 28.3 Å². The smallest absolute Gasteiger partial charge is 0.407 e. The first-order chi connectivity index (χ1) is 20.2. The second-order valence-electron chi connectivity index (χ2n) is 11.9. The van der Waals surface area contributed by atoms with E-state index in [2.05, 4.69) is 5.32 Å². The predicted octanol–water partition coefficient (Wildman–Crippen LogP) is 3.44. The van der Waals surface area contributed by atoms with Crippen molar-refractivity contribution >= 4 is 16.1 Å². The Labute approximate surface area is 248 Å². The third-order valence-corrected chi connectivity index (χ3v) is 10.4. The van der Waals surface area contributed by atoms with Gasteiger partial charge in [-0.15, -0.1) is 0 Å². The van der Waals surface area contributed by atoms with Gasteiger partial charge in [0.2, 0.25) is 10.0 Å². The lowest BCUT2D eigenvalue weighted by Gasteiger charge is -2.33. The maximum absolute atomic E-state index is 13.7. The number of rotatable bonds is 12. The van der Waals surface area contributed by atoms with Gasteiger partial charge in [-0.1, -0.05) is 44.2 Å². The number of ether oxygens (including phenoxy) is 4. The molecule has 1 amide bonds. The molecule has 11 heteroatoms. The van der Waals surface area contributed by atoms with Gasteiger partial charge in [0.15, 0.2) is 6.29 Å². The van der Waals surface area contributed by atoms with Crippen LogP contribution in [0.2, 0.25) is 0 Å². The summed E-state index contributed by atoms with van der Waals surface area (Å²) < 4.78 is 51.3. The van der Waals surface area contributed by atoms with Gasteiger partial charge in [-0.25, -0.2) is 13.2 Å². The number of alkyl carbamates (subject to hydrolysis) is 1. The lowest BCUT2D eigenvalue weighted by atomic mass is 9.87. The first-order valence-corrected chi connectivity index (χ1v) is 16.2. The summed E-state index contributed by atoms with van der Waals surface area (Å²) in [6.45, 7) is 5.02. The number of sulfonamides is 1. The molecular weight excluding hydrogens is 560 g/mol. The number of carbonyl (C=O) groups excluding carboxylic acids is 1. The van der Waals surface area contributed by atoms with Crippen LogP contribution in [0.5, 0.6) is 5.75 Å². The molecule has 1 aliphatic carbocycles. The number of hydrogen-bond acceptors (Lipinski definition) is 8. The molecule has 10 nitrogen and oxygen atoms in total. The molecule has 42 heavy (non-hydrogen) atoms. The average Bonchev–Trinajstić information content (AvgIpc) is 3.55. The van der Waals surface area contributed by atoms with Crippen molar-refractivity contribution < 1.29 is 37.3 Å². The molecule has 0 unspecified atom stereocenters. The van der Waals surface area contributed by atoms with Crippen LogP contribution in [-0.4, -0.2) is 81.9 Å². The number of nitrogens with zero attached hydrogens (tertiary/aromatic N) is 1. The van der Waals surface area contributed by atoms with E-state index in [-0.39, 0.29) is 48.1 Å². The highest BCUT2D eigenvalue weighted by Crippen LogP contribution is 2.50. The van der Waals surface area contributed by atoms with Crippen LogP contribution in [0, 0.1) is 23.7 Å². The molecular formula is C31H42N2O8S. The largest absolute Gasteiger partial charge is 0.497 e. The molecule has 5 rings (SSSR count). The number of amides is 1. The van der Waals surface area contributed by atoms with Gasteiger partial charge in [-0.2, -0.15) is 4.31 Å². The van der Waals surface area contributed by atoms with Crippen LogP contribution in [0.1, 0.15) is 32.3 Å². The summed E-state index contributed by atoms with van der Waals surface area (Å²) in [6, 6.07) is 14.9. The number of aliphatic hydroxyl groups is 1. The predicted molar refractivity (Wildman–Crippen MR) is 155 cm³/mol. The Morgan fingerprint density at radius 2 is 1.83 bits per heavy atom. The molecule has 0 aromatic heterocycles. The summed E-state index contributed by atoms with van der Waals surface area (Å²) in [5, 5.41) is 14.4. The Morgan fingerprint density at radius 3 is 2.52 bits per heavy atom. The third-order valence-electron chi connectivity index (χ3n) is 8.55. The van der Waals surface area contributed by atoms with Crippen LogP contribution in [0.15, 0.2) is 59.5 Å². The second kappa shape index (κ2) is 13.3. The number of methoxy groups -OCH3 is 1. The maximum atomic E-state index is 13.7. The van der Waals surface area contributed by atoms with E-state index in [1.54, 1.807) is 12.1 Å². The third kappa shape index (κ3) is 6.92. The minimum absolute atomic E-state index is 0.00446. The lowest BCUT2D eigenvalue weighted by molar-refractivity contribution is -0.173. The van der Waals surface area contributed by atoms with Gasteiger partial charge in [-0.05, 0) is 60.9 Å². The Morgan fingerprint density at radius 1 is 1.10 bits per heavy atom. The molecule has 2 saturated heterocycles. The summed E-state index contributed by atoms with van der Waals surface area (Å²) in [5.41, 5.74) is 0.898. The van der Waals surface area contributed by atoms with Crippen molar-refractivity contribution in [1.82, 2.24) is 9.62 Å². The fourth-order valence-electron chi connectivity index (χ4n) is 6.54. The van der Waals surface area contributed by atoms with Crippen molar-refractivity contribution in [2.45, 2.75) is 62.5 Å². The van der Waals surface area contributed by atoms with Crippen molar-refractivity contribution in [2.75, 3.05) is 33.4 Å². The fraction of sp³-hybridized carbons (Fsp3) is 0.581. The van der Waals surface area contributed by atoms with E-state index in [9.17, 15) is 18.3 Å². The van der Waals surface area contributed by atoms with Crippen molar-refractivity contribution in [1.29, 1.82) is 0 Å². The summed E-state index contributed by atoms with van der Waals surface area (Å²) >= 11 is 0. The summed E-state index contributed by atoms with van der Waals surface area (Å²) in [4.78, 5) is 13.4. The molecule has 7 atom stereocenters. The number of nitrogens with one attached hydrogen (secondary N) is 1. The van der Waals surface area contributed by atoms with E-state index >= 15 is 0 Å². The molecule has 2 aliphatic heterocycles. The molecule has 2 heterocycles. The lowest BCUT2D eigenvalue weighted by Crippen LogP contribution is -2.51. The zero-order valence-corrected chi connectivity index (χ0v) is 25.2. The zero-order valence-electron chi connectivity index (χ0n) is 24.4. The normalized spacial score (nSPS) is 26.6. The molecule has 2 aromatic carbocycles. The number of hydrogen-bond donors (Lipinski definition) is 2. The SMILES string of the molecule is COc1ccc(S(=O)(=O)N(CC(C)C)C[C@@H](O)[C@H](Cc2ccccc2)NC(=O)O[C@H]2C[C@H]3CO[C@H]4OCC[C@@H]2[C@@H]34)cc1. The average molecular weight is 603 g/mol. The summed E-state index contributed by atoms with van der Waals surface area (Å²) in [6.07, 6.45) is -0.460. The van der Waals surface area contributed by atoms with Crippen molar-refractivity contribution in [3.63, 3.8) is 0 Å². The van der Waals surface area contributed by atoms with Gasteiger partial charge in [0.1, 0.15) is 11.9 Å². The summed E-state index contributed by atoms with van der Waals surface area (Å²) in [5.74, 6) is 1.26. The minimum atomic E-state index is -3.94. The summed E-state index contributed by atoms with van der Waals surface area (Å²) in [7, 11) is -2.42. The Balaban J connectivity index is 1.31. The number of aliphatic hydroxyl groups excluding tert-OH is 1. The molecule has 230 valence electrons. The van der Waals surface area contributed by atoms with Gasteiger partial charge >= 0.3 is 6.09 Å². The highest BCUT2D eigenvalue weighted by atomic mass is 32.2. The Bertz CT molecular complexity index is 1290. The van der Waals surface area contributed by atoms with Crippen LogP contribution >= 0.6 is 0 Å². The Hall–Kier alpha value is -2.70. The van der Waals surface area contributed by atoms with Crippen LogP contribution in [-0.2, 0) is 30.7 Å². The minimum Gasteiger partial charge on any atom is -0.497 e. The molecule has 0 spiro atoms. The van der Waals surface area contributed by atoms with E-state index in [0.717, 1.165) is 18.4 Å². The maximum Gasteiger partial charge on any atom is 0.407 e. The molecule has 2 N–H and O–H groups in total. The topological polar surface area (TPSA) is 124 Å². The van der Waals surface area contributed by atoms with Crippen LogP contribution in [0.3, 0.4) is 0 Å². The van der Waals surface area contributed by atoms with E-state index in [0.29, 0.717) is 31.3 Å². The van der Waals surface area contributed by atoms with Gasteiger partial charge in [-0.3, -0.25) is 0 Å². The van der Waals surface area contributed by atoms with Crippen LogP contribution in [0.4, 0.5) is 4.79 Å². The first-order valence-electron chi connectivity index (χ1n) is 14.7.